The Hall–Kier alpha value is -2.70. The molecule has 0 N–H and O–H groups in total. The van der Waals surface area contributed by atoms with Gasteiger partial charge in [-0.05, 0) is 98.4 Å². The van der Waals surface area contributed by atoms with E-state index in [0.717, 1.165) is 43.7 Å². The van der Waals surface area contributed by atoms with Crippen LogP contribution >= 0.6 is 0 Å². The van der Waals surface area contributed by atoms with Gasteiger partial charge in [0.25, 0.3) is 0 Å². The second-order valence-electron chi connectivity index (χ2n) is 9.84. The lowest BCUT2D eigenvalue weighted by Gasteiger charge is -2.42. The predicted molar refractivity (Wildman–Crippen MR) is 123 cm³/mol. The summed E-state index contributed by atoms with van der Waals surface area (Å²) in [6, 6.07) is 6.01. The minimum Gasteiger partial charge on any atom is -0.423 e. The van der Waals surface area contributed by atoms with Crippen LogP contribution in [0.15, 0.2) is 49.1 Å². The number of alkyl halides is 3. The van der Waals surface area contributed by atoms with Crippen molar-refractivity contribution in [2.45, 2.75) is 63.5 Å². The molecule has 0 spiro atoms. The summed E-state index contributed by atoms with van der Waals surface area (Å²) in [5, 5.41) is 0. The zero-order chi connectivity index (χ0) is 25.2. The number of carbonyl (C=O) groups excluding carboxylic acids is 1. The first-order chi connectivity index (χ1) is 16.7. The summed E-state index contributed by atoms with van der Waals surface area (Å²) in [5.74, 6) is -1.26. The van der Waals surface area contributed by atoms with Crippen molar-refractivity contribution in [3.8, 4) is 5.75 Å². The van der Waals surface area contributed by atoms with Crippen molar-refractivity contribution in [3.63, 3.8) is 0 Å². The van der Waals surface area contributed by atoms with E-state index < -0.39 is 29.3 Å². The first kappa shape index (κ1) is 25.4. The lowest BCUT2D eigenvalue weighted by Crippen LogP contribution is -2.30. The molecular formula is C28H29F5O2. The molecular weight excluding hydrogens is 463 g/mol. The molecule has 0 amide bonds. The molecule has 2 nitrogen and oxygen atoms in total. The number of ether oxygens (including phenoxy) is 1. The van der Waals surface area contributed by atoms with Crippen molar-refractivity contribution >= 4 is 5.97 Å². The van der Waals surface area contributed by atoms with Crippen LogP contribution in [0.1, 0.15) is 78.8 Å². The number of fused-ring (bicyclic) bond motifs is 1. The third kappa shape index (κ3) is 5.93. The van der Waals surface area contributed by atoms with Crippen LogP contribution in [0.5, 0.6) is 5.75 Å². The molecule has 4 unspecified atom stereocenters. The number of halogens is 5. The van der Waals surface area contributed by atoms with Crippen LogP contribution in [0.25, 0.3) is 0 Å². The van der Waals surface area contributed by atoms with Crippen LogP contribution in [0, 0.1) is 29.4 Å². The van der Waals surface area contributed by atoms with Gasteiger partial charge in [0.2, 0.25) is 0 Å². The lowest BCUT2D eigenvalue weighted by atomic mass is 9.63. The minimum atomic E-state index is -4.85. The Bertz CT molecular complexity index is 1080. The Morgan fingerprint density at radius 3 is 2.40 bits per heavy atom. The third-order valence-corrected chi connectivity index (χ3v) is 7.63. The van der Waals surface area contributed by atoms with E-state index in [1.807, 2.05) is 6.08 Å². The van der Waals surface area contributed by atoms with Crippen molar-refractivity contribution < 1.29 is 31.5 Å². The van der Waals surface area contributed by atoms with E-state index in [0.29, 0.717) is 29.5 Å². The van der Waals surface area contributed by atoms with Crippen LogP contribution < -0.4 is 4.74 Å². The first-order valence-corrected chi connectivity index (χ1v) is 12.1. The van der Waals surface area contributed by atoms with E-state index in [-0.39, 0.29) is 17.2 Å². The van der Waals surface area contributed by atoms with Gasteiger partial charge < -0.3 is 4.74 Å². The highest BCUT2D eigenvalue weighted by molar-refractivity contribution is 5.91. The molecule has 7 heteroatoms. The molecule has 2 saturated carbocycles. The molecule has 0 radical (unpaired) electrons. The molecule has 2 aromatic rings. The van der Waals surface area contributed by atoms with Gasteiger partial charge in [0.15, 0.2) is 0 Å². The van der Waals surface area contributed by atoms with Gasteiger partial charge in [-0.1, -0.05) is 18.6 Å². The van der Waals surface area contributed by atoms with E-state index >= 15 is 4.39 Å². The largest absolute Gasteiger partial charge is 0.423 e. The standard InChI is InChI=1S/C28H29F5O2/c1-2-3-4-17-5-6-19-14-20(8-7-18(19)13-17)23-11-9-21(15-25(23)29)27(34)35-22-10-12-24(26(30)16-22)28(31,32)33/h2,9-12,15-20H,1,3-8,13-14H2. The summed E-state index contributed by atoms with van der Waals surface area (Å²) in [6.07, 6.45) is 5.90. The van der Waals surface area contributed by atoms with Crippen LogP contribution in [0.2, 0.25) is 0 Å². The number of allylic oxidation sites excluding steroid dienone is 1. The molecule has 0 aromatic heterocycles. The number of carbonyl (C=O) groups is 1. The molecule has 4 rings (SSSR count). The molecule has 0 bridgehead atoms. The quantitative estimate of drug-likeness (QED) is 0.175. The molecule has 2 fully saturated rings. The predicted octanol–water partition coefficient (Wildman–Crippen LogP) is 8.47. The average Bonchev–Trinajstić information content (AvgIpc) is 2.81. The molecule has 4 atom stereocenters. The fraction of sp³-hybridized carbons (Fsp3) is 0.464. The normalized spacial score (nSPS) is 24.5. The Balaban J connectivity index is 1.39. The lowest BCUT2D eigenvalue weighted by molar-refractivity contribution is -0.140. The maximum absolute atomic E-state index is 15.0. The van der Waals surface area contributed by atoms with Crippen molar-refractivity contribution in [1.82, 2.24) is 0 Å². The van der Waals surface area contributed by atoms with E-state index in [1.165, 1.54) is 31.7 Å². The number of rotatable bonds is 6. The SMILES string of the molecule is C=CCCC1CCC2CC(c3ccc(C(=O)Oc4ccc(C(F)(F)F)c(F)c4)cc3F)CCC2C1. The topological polar surface area (TPSA) is 26.3 Å². The summed E-state index contributed by atoms with van der Waals surface area (Å²) in [6.45, 7) is 3.81. The molecule has 2 aromatic carbocycles. The van der Waals surface area contributed by atoms with Gasteiger partial charge in [0.05, 0.1) is 11.1 Å². The average molecular weight is 493 g/mol. The molecule has 35 heavy (non-hydrogen) atoms. The highest BCUT2D eigenvalue weighted by Crippen LogP contribution is 2.48. The fourth-order valence-electron chi connectivity index (χ4n) is 5.82. The van der Waals surface area contributed by atoms with E-state index in [2.05, 4.69) is 6.58 Å². The number of benzene rings is 2. The van der Waals surface area contributed by atoms with E-state index in [1.54, 1.807) is 6.07 Å². The van der Waals surface area contributed by atoms with Crippen LogP contribution in [-0.4, -0.2) is 5.97 Å². The smallest absolute Gasteiger partial charge is 0.419 e. The Morgan fingerprint density at radius 2 is 1.71 bits per heavy atom. The van der Waals surface area contributed by atoms with Crippen molar-refractivity contribution in [2.75, 3.05) is 0 Å². The molecule has 2 aliphatic rings. The second kappa shape index (κ2) is 10.5. The molecule has 2 aliphatic carbocycles. The maximum atomic E-state index is 15.0. The summed E-state index contributed by atoms with van der Waals surface area (Å²) in [4.78, 5) is 12.4. The maximum Gasteiger partial charge on any atom is 0.419 e. The van der Waals surface area contributed by atoms with Crippen LogP contribution in [-0.2, 0) is 6.18 Å². The molecule has 0 saturated heterocycles. The van der Waals surface area contributed by atoms with E-state index in [9.17, 15) is 22.4 Å². The van der Waals surface area contributed by atoms with Gasteiger partial charge in [-0.2, -0.15) is 13.2 Å². The highest BCUT2D eigenvalue weighted by atomic mass is 19.4. The van der Waals surface area contributed by atoms with Crippen molar-refractivity contribution in [3.05, 3.63) is 77.4 Å². The van der Waals surface area contributed by atoms with Crippen molar-refractivity contribution in [1.29, 1.82) is 0 Å². The van der Waals surface area contributed by atoms with Gasteiger partial charge in [-0.25, -0.2) is 13.6 Å². The second-order valence-corrected chi connectivity index (χ2v) is 9.84. The number of hydrogen-bond donors (Lipinski definition) is 0. The highest BCUT2D eigenvalue weighted by Gasteiger charge is 2.37. The van der Waals surface area contributed by atoms with E-state index in [4.69, 9.17) is 4.74 Å². The van der Waals surface area contributed by atoms with Crippen molar-refractivity contribution in [2.24, 2.45) is 17.8 Å². The minimum absolute atomic E-state index is 0.0806. The molecule has 0 heterocycles. The zero-order valence-corrected chi connectivity index (χ0v) is 19.4. The molecule has 188 valence electrons. The Morgan fingerprint density at radius 1 is 0.971 bits per heavy atom. The van der Waals surface area contributed by atoms with Crippen LogP contribution in [0.4, 0.5) is 22.0 Å². The van der Waals surface area contributed by atoms with Gasteiger partial charge in [0, 0.05) is 6.07 Å². The fourth-order valence-corrected chi connectivity index (χ4v) is 5.82. The third-order valence-electron chi connectivity index (χ3n) is 7.63. The van der Waals surface area contributed by atoms with Gasteiger partial charge in [-0.3, -0.25) is 0 Å². The van der Waals surface area contributed by atoms with Crippen LogP contribution in [0.3, 0.4) is 0 Å². The Labute approximate surface area is 202 Å². The first-order valence-electron chi connectivity index (χ1n) is 12.1. The number of hydrogen-bond acceptors (Lipinski definition) is 2. The number of esters is 1. The summed E-state index contributed by atoms with van der Waals surface area (Å²) < 4.78 is 71.8. The monoisotopic (exact) mass is 492 g/mol. The summed E-state index contributed by atoms with van der Waals surface area (Å²) in [5.41, 5.74) is -0.954. The van der Waals surface area contributed by atoms with Gasteiger partial charge >= 0.3 is 12.1 Å². The van der Waals surface area contributed by atoms with Gasteiger partial charge in [0.1, 0.15) is 17.4 Å². The summed E-state index contributed by atoms with van der Waals surface area (Å²) in [7, 11) is 0. The zero-order valence-electron chi connectivity index (χ0n) is 19.4. The Kier molecular flexibility index (Phi) is 7.62. The summed E-state index contributed by atoms with van der Waals surface area (Å²) >= 11 is 0. The van der Waals surface area contributed by atoms with Gasteiger partial charge in [-0.15, -0.1) is 6.58 Å². The molecule has 0 aliphatic heterocycles.